The van der Waals surface area contributed by atoms with Crippen molar-refractivity contribution >= 4 is 33.3 Å². The lowest BCUT2D eigenvalue weighted by Crippen LogP contribution is -2.14. The molecule has 0 saturated carbocycles. The monoisotopic (exact) mass is 256 g/mol. The quantitative estimate of drug-likeness (QED) is 0.724. The van der Waals surface area contributed by atoms with E-state index in [1.54, 1.807) is 25.2 Å². The summed E-state index contributed by atoms with van der Waals surface area (Å²) in [6.07, 6.45) is 0. The van der Waals surface area contributed by atoms with E-state index >= 15 is 0 Å². The second-order valence-electron chi connectivity index (χ2n) is 2.62. The Balaban J connectivity index is 3.23. The first-order valence-corrected chi connectivity index (χ1v) is 4.65. The van der Waals surface area contributed by atoms with Crippen LogP contribution in [0.2, 0.25) is 0 Å². The maximum atomic E-state index is 10.6. The summed E-state index contributed by atoms with van der Waals surface area (Å²) in [5, 5.41) is 18.9. The lowest BCUT2D eigenvalue weighted by molar-refractivity contribution is -0.129. The molecular weight excluding hydrogens is 248 g/mol. The van der Waals surface area contributed by atoms with E-state index in [2.05, 4.69) is 21.2 Å². The van der Waals surface area contributed by atoms with Gasteiger partial charge in [0.15, 0.2) is 0 Å². The number of halogens is 1. The Morgan fingerprint density at radius 1 is 1.57 bits per heavy atom. The third-order valence-electron chi connectivity index (χ3n) is 1.73. The zero-order chi connectivity index (χ0) is 10.7. The molecular formula is C9H9BrN2O2. The molecule has 0 amide bonds. The van der Waals surface area contributed by atoms with Crippen molar-refractivity contribution in [1.82, 2.24) is 0 Å². The number of benzene rings is 1. The first-order valence-electron chi connectivity index (χ1n) is 3.85. The third kappa shape index (κ3) is 2.11. The molecule has 0 aliphatic carbocycles. The second-order valence-corrected chi connectivity index (χ2v) is 3.54. The molecule has 0 heterocycles. The molecule has 4 nitrogen and oxygen atoms in total. The van der Waals surface area contributed by atoms with Crippen LogP contribution in [0.3, 0.4) is 0 Å². The van der Waals surface area contributed by atoms with Gasteiger partial charge in [0.05, 0.1) is 0 Å². The Hall–Kier alpha value is -1.36. The normalized spacial score (nSPS) is 9.57. The van der Waals surface area contributed by atoms with E-state index in [1.165, 1.54) is 0 Å². The summed E-state index contributed by atoms with van der Waals surface area (Å²) in [5.41, 5.74) is 0.575. The molecule has 0 aliphatic heterocycles. The molecule has 0 fully saturated rings. The highest BCUT2D eigenvalue weighted by Gasteiger charge is 2.13. The van der Waals surface area contributed by atoms with Crippen molar-refractivity contribution in [3.63, 3.8) is 0 Å². The molecule has 3 N–H and O–H groups in total. The van der Waals surface area contributed by atoms with Gasteiger partial charge in [0, 0.05) is 22.8 Å². The number of carboxylic acid groups (broad SMARTS) is 1. The Morgan fingerprint density at radius 3 is 2.71 bits per heavy atom. The van der Waals surface area contributed by atoms with Gasteiger partial charge in [-0.3, -0.25) is 5.41 Å². The Kier molecular flexibility index (Phi) is 3.24. The van der Waals surface area contributed by atoms with E-state index in [0.717, 1.165) is 4.47 Å². The molecule has 0 unspecified atom stereocenters. The van der Waals surface area contributed by atoms with Gasteiger partial charge in [0.2, 0.25) is 0 Å². The molecule has 0 saturated heterocycles. The number of rotatable bonds is 3. The van der Waals surface area contributed by atoms with Crippen molar-refractivity contribution in [3.05, 3.63) is 28.2 Å². The van der Waals surface area contributed by atoms with E-state index < -0.39 is 11.7 Å². The van der Waals surface area contributed by atoms with Crippen molar-refractivity contribution < 1.29 is 9.90 Å². The highest BCUT2D eigenvalue weighted by molar-refractivity contribution is 9.10. The number of carbonyl (C=O) groups is 1. The van der Waals surface area contributed by atoms with Crippen molar-refractivity contribution in [3.8, 4) is 0 Å². The number of aliphatic carboxylic acids is 1. The summed E-state index contributed by atoms with van der Waals surface area (Å²) in [7, 11) is 1.68. The van der Waals surface area contributed by atoms with Crippen LogP contribution in [0.15, 0.2) is 22.7 Å². The summed E-state index contributed by atoms with van der Waals surface area (Å²) >= 11 is 3.23. The van der Waals surface area contributed by atoms with E-state index in [9.17, 15) is 4.79 Å². The van der Waals surface area contributed by atoms with Crippen molar-refractivity contribution in [2.45, 2.75) is 0 Å². The average Bonchev–Trinajstić information content (AvgIpc) is 2.16. The summed E-state index contributed by atoms with van der Waals surface area (Å²) < 4.78 is 0.748. The van der Waals surface area contributed by atoms with Crippen LogP contribution in [0.1, 0.15) is 5.56 Å². The number of anilines is 1. The van der Waals surface area contributed by atoms with Gasteiger partial charge in [-0.05, 0) is 18.2 Å². The van der Waals surface area contributed by atoms with Gasteiger partial charge in [-0.2, -0.15) is 0 Å². The highest BCUT2D eigenvalue weighted by Crippen LogP contribution is 2.21. The fourth-order valence-electron chi connectivity index (χ4n) is 1.06. The number of hydrogen-bond donors (Lipinski definition) is 3. The molecule has 0 spiro atoms. The summed E-state index contributed by atoms with van der Waals surface area (Å²) in [6.45, 7) is 0. The summed E-state index contributed by atoms with van der Waals surface area (Å²) in [6, 6.07) is 5.10. The van der Waals surface area contributed by atoms with Crippen molar-refractivity contribution in [1.29, 1.82) is 5.41 Å². The Labute approximate surface area is 89.6 Å². The molecule has 14 heavy (non-hydrogen) atoms. The predicted molar refractivity (Wildman–Crippen MR) is 58.2 cm³/mol. The second kappa shape index (κ2) is 4.23. The fourth-order valence-corrected chi connectivity index (χ4v) is 1.42. The molecule has 1 aromatic rings. The maximum absolute atomic E-state index is 10.6. The molecule has 0 radical (unpaired) electrons. The SMILES string of the molecule is CNc1ccc(Br)cc1C(=N)C(=O)O. The zero-order valence-electron chi connectivity index (χ0n) is 7.47. The minimum Gasteiger partial charge on any atom is -0.477 e. The number of carboxylic acids is 1. The van der Waals surface area contributed by atoms with Gasteiger partial charge >= 0.3 is 5.97 Å². The van der Waals surface area contributed by atoms with Crippen molar-refractivity contribution in [2.24, 2.45) is 0 Å². The zero-order valence-corrected chi connectivity index (χ0v) is 9.05. The van der Waals surface area contributed by atoms with E-state index in [4.69, 9.17) is 10.5 Å². The van der Waals surface area contributed by atoms with Crippen LogP contribution >= 0.6 is 15.9 Å². The van der Waals surface area contributed by atoms with Crippen LogP contribution in [0.25, 0.3) is 0 Å². The minimum absolute atomic E-state index is 0.370. The van der Waals surface area contributed by atoms with Gasteiger partial charge < -0.3 is 10.4 Å². The van der Waals surface area contributed by atoms with Gasteiger partial charge in [-0.1, -0.05) is 15.9 Å². The summed E-state index contributed by atoms with van der Waals surface area (Å²) in [5.74, 6) is -1.24. The van der Waals surface area contributed by atoms with Crippen LogP contribution < -0.4 is 5.32 Å². The Bertz CT molecular complexity index is 390. The molecule has 0 bridgehead atoms. The lowest BCUT2D eigenvalue weighted by Gasteiger charge is -2.07. The van der Waals surface area contributed by atoms with Crippen LogP contribution in [-0.4, -0.2) is 23.8 Å². The largest absolute Gasteiger partial charge is 0.477 e. The molecule has 1 rings (SSSR count). The van der Waals surface area contributed by atoms with E-state index in [1.807, 2.05) is 0 Å². The Morgan fingerprint density at radius 2 is 2.21 bits per heavy atom. The van der Waals surface area contributed by atoms with Gasteiger partial charge in [-0.15, -0.1) is 0 Å². The molecule has 0 aliphatic rings. The van der Waals surface area contributed by atoms with Gasteiger partial charge in [0.1, 0.15) is 5.71 Å². The third-order valence-corrected chi connectivity index (χ3v) is 2.23. The average molecular weight is 257 g/mol. The van der Waals surface area contributed by atoms with Crippen LogP contribution in [0, 0.1) is 5.41 Å². The van der Waals surface area contributed by atoms with E-state index in [-0.39, 0.29) is 0 Å². The number of nitrogens with one attached hydrogen (secondary N) is 2. The standard InChI is InChI=1S/C9H9BrN2O2/c1-12-7-3-2-5(10)4-6(7)8(11)9(13)14/h2-4,11-12H,1H3,(H,13,14). The topological polar surface area (TPSA) is 73.2 Å². The van der Waals surface area contributed by atoms with E-state index in [0.29, 0.717) is 11.3 Å². The highest BCUT2D eigenvalue weighted by atomic mass is 79.9. The van der Waals surface area contributed by atoms with Gasteiger partial charge in [0.25, 0.3) is 0 Å². The van der Waals surface area contributed by atoms with Crippen LogP contribution in [0.5, 0.6) is 0 Å². The fraction of sp³-hybridized carbons (Fsp3) is 0.111. The van der Waals surface area contributed by atoms with Crippen LogP contribution in [0.4, 0.5) is 5.69 Å². The smallest absolute Gasteiger partial charge is 0.354 e. The van der Waals surface area contributed by atoms with Crippen molar-refractivity contribution in [2.75, 3.05) is 12.4 Å². The lowest BCUT2D eigenvalue weighted by atomic mass is 10.1. The maximum Gasteiger partial charge on any atom is 0.354 e. The number of hydrogen-bond acceptors (Lipinski definition) is 3. The first kappa shape index (κ1) is 10.7. The van der Waals surface area contributed by atoms with Gasteiger partial charge in [-0.25, -0.2) is 4.79 Å². The minimum atomic E-state index is -1.24. The molecule has 0 aromatic heterocycles. The molecule has 1 aromatic carbocycles. The molecule has 74 valence electrons. The summed E-state index contributed by atoms with van der Waals surface area (Å²) in [4.78, 5) is 10.6. The molecule has 0 atom stereocenters. The molecule has 5 heteroatoms. The first-order chi connectivity index (χ1) is 6.56. The predicted octanol–water partition coefficient (Wildman–Crippen LogP) is 1.94. The van der Waals surface area contributed by atoms with Crippen LogP contribution in [-0.2, 0) is 4.79 Å².